The minimum atomic E-state index is 0.0400. The van der Waals surface area contributed by atoms with Crippen molar-refractivity contribution >= 4 is 16.9 Å². The fourth-order valence-corrected chi connectivity index (χ4v) is 4.07. The van der Waals surface area contributed by atoms with Gasteiger partial charge in [-0.1, -0.05) is 36.6 Å². The molecule has 1 saturated carbocycles. The first-order chi connectivity index (χ1) is 11.7. The first-order valence-corrected chi connectivity index (χ1v) is 8.96. The number of hydrogen-bond acceptors (Lipinski definition) is 4. The highest BCUT2D eigenvalue weighted by atomic mass is 16.5. The molecule has 4 rings (SSSR count). The number of aromatic nitrogens is 3. The molecule has 1 spiro atoms. The van der Waals surface area contributed by atoms with Gasteiger partial charge in [0.1, 0.15) is 5.52 Å². The van der Waals surface area contributed by atoms with Crippen molar-refractivity contribution < 1.29 is 9.53 Å². The molecule has 6 heteroatoms. The summed E-state index contributed by atoms with van der Waals surface area (Å²) in [6, 6.07) is 7.96. The quantitative estimate of drug-likeness (QED) is 0.936. The van der Waals surface area contributed by atoms with E-state index in [1.165, 1.54) is 19.3 Å². The molecule has 1 aromatic carbocycles. The molecule has 1 atom stereocenters. The summed E-state index contributed by atoms with van der Waals surface area (Å²) in [7, 11) is 0. The Bertz CT molecular complexity index is 721. The van der Waals surface area contributed by atoms with Crippen molar-refractivity contribution in [1.29, 1.82) is 0 Å². The van der Waals surface area contributed by atoms with E-state index in [-0.39, 0.29) is 17.6 Å². The van der Waals surface area contributed by atoms with Crippen LogP contribution in [-0.4, -0.2) is 39.2 Å². The molecular weight excluding hydrogens is 304 g/mol. The van der Waals surface area contributed by atoms with Crippen LogP contribution in [0, 0.1) is 0 Å². The number of ether oxygens (including phenoxy) is 1. The van der Waals surface area contributed by atoms with E-state index >= 15 is 0 Å². The van der Waals surface area contributed by atoms with Gasteiger partial charge in [0.2, 0.25) is 5.91 Å². The molecule has 1 N–H and O–H groups in total. The van der Waals surface area contributed by atoms with Gasteiger partial charge in [0.15, 0.2) is 0 Å². The summed E-state index contributed by atoms with van der Waals surface area (Å²) in [4.78, 5) is 12.3. The van der Waals surface area contributed by atoms with E-state index in [1.54, 1.807) is 4.68 Å². The summed E-state index contributed by atoms with van der Waals surface area (Å²) >= 11 is 0. The van der Waals surface area contributed by atoms with Gasteiger partial charge in [0.05, 0.1) is 30.3 Å². The molecule has 1 aliphatic carbocycles. The van der Waals surface area contributed by atoms with Crippen LogP contribution >= 0.6 is 0 Å². The lowest BCUT2D eigenvalue weighted by Crippen LogP contribution is -2.37. The summed E-state index contributed by atoms with van der Waals surface area (Å²) < 4.78 is 7.86. The Labute approximate surface area is 141 Å². The number of aryl methyl sites for hydroxylation is 1. The highest BCUT2D eigenvalue weighted by molar-refractivity contribution is 5.77. The van der Waals surface area contributed by atoms with Crippen molar-refractivity contribution in [2.24, 2.45) is 0 Å². The normalized spacial score (nSPS) is 22.9. The van der Waals surface area contributed by atoms with Crippen LogP contribution in [0.5, 0.6) is 0 Å². The third-order valence-corrected chi connectivity index (χ3v) is 5.31. The van der Waals surface area contributed by atoms with E-state index < -0.39 is 0 Å². The Balaban J connectivity index is 1.29. The largest absolute Gasteiger partial charge is 0.373 e. The Morgan fingerprint density at radius 2 is 2.12 bits per heavy atom. The summed E-state index contributed by atoms with van der Waals surface area (Å²) in [5, 5.41) is 11.4. The first-order valence-electron chi connectivity index (χ1n) is 8.96. The zero-order chi connectivity index (χ0) is 16.4. The summed E-state index contributed by atoms with van der Waals surface area (Å²) in [6.07, 6.45) is 7.48. The lowest BCUT2D eigenvalue weighted by Gasteiger charge is -2.32. The van der Waals surface area contributed by atoms with E-state index in [0.717, 1.165) is 30.3 Å². The van der Waals surface area contributed by atoms with E-state index in [0.29, 0.717) is 19.6 Å². The monoisotopic (exact) mass is 328 g/mol. The second kappa shape index (κ2) is 6.51. The predicted molar refractivity (Wildman–Crippen MR) is 90.5 cm³/mol. The van der Waals surface area contributed by atoms with Crippen molar-refractivity contribution in [2.45, 2.75) is 63.1 Å². The number of rotatable bonds is 4. The fraction of sp³-hybridized carbons (Fsp3) is 0.611. The van der Waals surface area contributed by atoms with Crippen LogP contribution < -0.4 is 5.32 Å². The molecule has 1 aliphatic heterocycles. The molecule has 2 aliphatic rings. The number of benzene rings is 1. The third kappa shape index (κ3) is 3.15. The number of hydrogen-bond donors (Lipinski definition) is 1. The van der Waals surface area contributed by atoms with Gasteiger partial charge in [-0.15, -0.1) is 5.10 Å². The molecule has 0 unspecified atom stereocenters. The highest BCUT2D eigenvalue weighted by Gasteiger charge is 2.41. The smallest absolute Gasteiger partial charge is 0.222 e. The van der Waals surface area contributed by atoms with Crippen LogP contribution in [0.4, 0.5) is 0 Å². The van der Waals surface area contributed by atoms with E-state index in [1.807, 2.05) is 24.3 Å². The number of carbonyl (C=O) groups is 1. The molecule has 1 saturated heterocycles. The Morgan fingerprint density at radius 3 is 3.00 bits per heavy atom. The van der Waals surface area contributed by atoms with Crippen molar-refractivity contribution in [1.82, 2.24) is 20.3 Å². The molecule has 128 valence electrons. The van der Waals surface area contributed by atoms with E-state index in [4.69, 9.17) is 4.74 Å². The standard InChI is InChI=1S/C18H24N4O2/c23-17(8-11-22-16-7-3-2-6-15(16)20-21-22)19-14-12-18(24-13-14)9-4-1-5-10-18/h2-3,6-7,14H,1,4-5,8-13H2,(H,19,23)/t14-/m1/s1. The van der Waals surface area contributed by atoms with Crippen LogP contribution in [0.25, 0.3) is 11.0 Å². The topological polar surface area (TPSA) is 69.0 Å². The Hall–Kier alpha value is -1.95. The lowest BCUT2D eigenvalue weighted by molar-refractivity contribution is -0.122. The third-order valence-electron chi connectivity index (χ3n) is 5.31. The Morgan fingerprint density at radius 1 is 1.29 bits per heavy atom. The van der Waals surface area contributed by atoms with E-state index in [9.17, 15) is 4.79 Å². The maximum Gasteiger partial charge on any atom is 0.222 e. The number of carbonyl (C=O) groups excluding carboxylic acids is 1. The van der Waals surface area contributed by atoms with Gasteiger partial charge in [0.25, 0.3) is 0 Å². The van der Waals surface area contributed by atoms with Crippen molar-refractivity contribution in [3.05, 3.63) is 24.3 Å². The summed E-state index contributed by atoms with van der Waals surface area (Å²) in [6.45, 7) is 1.20. The van der Waals surface area contributed by atoms with Gasteiger partial charge >= 0.3 is 0 Å². The van der Waals surface area contributed by atoms with Crippen LogP contribution in [-0.2, 0) is 16.1 Å². The van der Waals surface area contributed by atoms with Gasteiger partial charge in [-0.2, -0.15) is 0 Å². The number of fused-ring (bicyclic) bond motifs is 1. The number of para-hydroxylation sites is 1. The molecule has 0 bridgehead atoms. The van der Waals surface area contributed by atoms with Gasteiger partial charge in [-0.05, 0) is 31.4 Å². The maximum absolute atomic E-state index is 12.3. The van der Waals surface area contributed by atoms with Gasteiger partial charge in [-0.25, -0.2) is 4.68 Å². The average Bonchev–Trinajstić information content (AvgIpc) is 3.18. The van der Waals surface area contributed by atoms with Crippen LogP contribution in [0.1, 0.15) is 44.9 Å². The Kier molecular flexibility index (Phi) is 4.22. The zero-order valence-electron chi connectivity index (χ0n) is 13.9. The van der Waals surface area contributed by atoms with Crippen LogP contribution in [0.3, 0.4) is 0 Å². The molecule has 2 aromatic rings. The first kappa shape index (κ1) is 15.6. The molecule has 1 amide bonds. The second-order valence-corrected chi connectivity index (χ2v) is 7.07. The minimum absolute atomic E-state index is 0.0400. The molecule has 1 aromatic heterocycles. The SMILES string of the molecule is O=C(CCn1nnc2ccccc21)N[C@H]1COC2(CCCCC2)C1. The van der Waals surface area contributed by atoms with Crippen molar-refractivity contribution in [3.63, 3.8) is 0 Å². The van der Waals surface area contributed by atoms with E-state index in [2.05, 4.69) is 15.6 Å². The molecule has 24 heavy (non-hydrogen) atoms. The van der Waals surface area contributed by atoms with Crippen LogP contribution in [0.15, 0.2) is 24.3 Å². The zero-order valence-corrected chi connectivity index (χ0v) is 13.9. The predicted octanol–water partition coefficient (Wildman–Crippen LogP) is 2.43. The number of nitrogens with zero attached hydrogens (tertiary/aromatic N) is 3. The van der Waals surface area contributed by atoms with Crippen molar-refractivity contribution in [3.8, 4) is 0 Å². The minimum Gasteiger partial charge on any atom is -0.373 e. The second-order valence-electron chi connectivity index (χ2n) is 7.07. The molecule has 6 nitrogen and oxygen atoms in total. The average molecular weight is 328 g/mol. The summed E-state index contributed by atoms with van der Waals surface area (Å²) in [5.41, 5.74) is 1.87. The fourth-order valence-electron chi connectivity index (χ4n) is 4.07. The van der Waals surface area contributed by atoms with Crippen LogP contribution in [0.2, 0.25) is 0 Å². The molecule has 2 fully saturated rings. The lowest BCUT2D eigenvalue weighted by atomic mass is 9.82. The molecule has 2 heterocycles. The molecule has 0 radical (unpaired) electrons. The maximum atomic E-state index is 12.3. The van der Waals surface area contributed by atoms with Gasteiger partial charge in [-0.3, -0.25) is 4.79 Å². The van der Waals surface area contributed by atoms with Crippen molar-refractivity contribution in [2.75, 3.05) is 6.61 Å². The highest BCUT2D eigenvalue weighted by Crippen LogP contribution is 2.39. The number of nitrogens with one attached hydrogen (secondary N) is 1. The van der Waals surface area contributed by atoms with Gasteiger partial charge < -0.3 is 10.1 Å². The number of amides is 1. The molecular formula is C18H24N4O2. The van der Waals surface area contributed by atoms with Gasteiger partial charge in [0, 0.05) is 6.42 Å². The summed E-state index contributed by atoms with van der Waals surface area (Å²) in [5.74, 6) is 0.0658.